The molecule has 0 saturated heterocycles. The van der Waals surface area contributed by atoms with Crippen molar-refractivity contribution in [2.24, 2.45) is 0 Å². The van der Waals surface area contributed by atoms with Gasteiger partial charge in [-0.3, -0.25) is 0 Å². The van der Waals surface area contributed by atoms with Crippen LogP contribution in [0.2, 0.25) is 0 Å². The monoisotopic (exact) mass is 730 g/mol. The van der Waals surface area contributed by atoms with Gasteiger partial charge in [0.2, 0.25) is 0 Å². The van der Waals surface area contributed by atoms with Crippen molar-refractivity contribution in [1.82, 2.24) is 0 Å². The molecule has 0 N–H and O–H groups in total. The summed E-state index contributed by atoms with van der Waals surface area (Å²) < 4.78 is 6.07. The van der Waals surface area contributed by atoms with Crippen LogP contribution in [0.5, 0.6) is 0 Å². The lowest BCUT2D eigenvalue weighted by Gasteiger charge is -2.30. The second kappa shape index (κ2) is 14.0. The van der Waals surface area contributed by atoms with Crippen molar-refractivity contribution in [3.05, 3.63) is 239 Å². The van der Waals surface area contributed by atoms with Gasteiger partial charge < -0.3 is 4.42 Å². The van der Waals surface area contributed by atoms with Gasteiger partial charge in [0.1, 0.15) is 11.2 Å². The largest absolute Gasteiger partial charge is 0.455 e. The van der Waals surface area contributed by atoms with Crippen LogP contribution in [0.1, 0.15) is 38.9 Å². The molecule has 1 heterocycles. The van der Waals surface area contributed by atoms with Gasteiger partial charge in [0, 0.05) is 16.3 Å². The molecular weight excluding hydrogens is 689 g/mol. The molecule has 0 saturated carbocycles. The molecule has 10 aromatic rings. The van der Waals surface area contributed by atoms with E-state index >= 15 is 0 Å². The highest BCUT2D eigenvalue weighted by Gasteiger charge is 2.51. The lowest BCUT2D eigenvalue weighted by Crippen LogP contribution is -2.25. The molecule has 1 spiro atoms. The topological polar surface area (TPSA) is 13.1 Å². The van der Waals surface area contributed by atoms with Gasteiger partial charge in [0.05, 0.1) is 5.41 Å². The van der Waals surface area contributed by atoms with Crippen molar-refractivity contribution in [2.75, 3.05) is 0 Å². The van der Waals surface area contributed by atoms with Crippen LogP contribution in [0.4, 0.5) is 0 Å². The lowest BCUT2D eigenvalue weighted by atomic mass is 9.70. The van der Waals surface area contributed by atoms with Crippen LogP contribution in [0.3, 0.4) is 0 Å². The van der Waals surface area contributed by atoms with Crippen LogP contribution in [-0.4, -0.2) is 0 Å². The molecule has 9 aromatic carbocycles. The Labute approximate surface area is 334 Å². The number of furan rings is 1. The smallest absolute Gasteiger partial charge is 0.143 e. The van der Waals surface area contributed by atoms with Crippen molar-refractivity contribution >= 4 is 32.7 Å². The highest BCUT2D eigenvalue weighted by atomic mass is 16.3. The molecule has 2 aliphatic rings. The average Bonchev–Trinajstić information content (AvgIpc) is 3.89. The number of hydrogen-bond donors (Lipinski definition) is 0. The van der Waals surface area contributed by atoms with E-state index in [1.165, 1.54) is 88.3 Å². The molecule has 0 unspecified atom stereocenters. The first-order valence-corrected chi connectivity index (χ1v) is 19.8. The Kier molecular flexibility index (Phi) is 8.46. The molecule has 0 amide bonds. The van der Waals surface area contributed by atoms with Gasteiger partial charge in [-0.1, -0.05) is 205 Å². The maximum absolute atomic E-state index is 6.07. The molecule has 2 aliphatic carbocycles. The van der Waals surface area contributed by atoms with Gasteiger partial charge in [0.15, 0.2) is 0 Å². The third-order valence-electron chi connectivity index (χ3n) is 11.9. The summed E-state index contributed by atoms with van der Waals surface area (Å²) in [5.74, 6) is 0. The van der Waals surface area contributed by atoms with E-state index in [-0.39, 0.29) is 5.41 Å². The zero-order chi connectivity index (χ0) is 38.5. The fraction of sp³-hybridized carbons (Fsp3) is 0.0714. The molecule has 0 fully saturated rings. The first-order valence-electron chi connectivity index (χ1n) is 19.8. The SMILES string of the molecule is Cc1ccc(-c2cccc3c2oc2ccccc23)cc1.Cc1ccc2c(c1)C1(c3ccccc3-c3ccccc31)c1ccccc1-2.Cc1cccc2ccccc12. The molecule has 57 heavy (non-hydrogen) atoms. The molecule has 0 aliphatic heterocycles. The van der Waals surface area contributed by atoms with E-state index in [0.717, 1.165) is 16.7 Å². The van der Waals surface area contributed by atoms with Gasteiger partial charge in [0.25, 0.3) is 0 Å². The highest BCUT2D eigenvalue weighted by Crippen LogP contribution is 2.62. The highest BCUT2D eigenvalue weighted by molar-refractivity contribution is 6.09. The van der Waals surface area contributed by atoms with Crippen molar-refractivity contribution in [3.63, 3.8) is 0 Å². The normalized spacial score (nSPS) is 12.6. The first-order chi connectivity index (χ1) is 28.0. The number of aryl methyl sites for hydroxylation is 3. The number of rotatable bonds is 1. The summed E-state index contributed by atoms with van der Waals surface area (Å²) in [6.07, 6.45) is 0. The van der Waals surface area contributed by atoms with Crippen molar-refractivity contribution in [3.8, 4) is 33.4 Å². The van der Waals surface area contributed by atoms with Gasteiger partial charge >= 0.3 is 0 Å². The average molecular weight is 731 g/mol. The van der Waals surface area contributed by atoms with E-state index in [4.69, 9.17) is 4.42 Å². The summed E-state index contributed by atoms with van der Waals surface area (Å²) in [6, 6.07) is 71.7. The van der Waals surface area contributed by atoms with Crippen LogP contribution in [0, 0.1) is 20.8 Å². The molecule has 0 atom stereocenters. The molecule has 272 valence electrons. The Morgan fingerprint density at radius 1 is 0.351 bits per heavy atom. The van der Waals surface area contributed by atoms with E-state index in [0.29, 0.717) is 0 Å². The molecule has 1 nitrogen and oxygen atoms in total. The van der Waals surface area contributed by atoms with Gasteiger partial charge in [-0.2, -0.15) is 0 Å². The van der Waals surface area contributed by atoms with E-state index in [2.05, 4.69) is 209 Å². The summed E-state index contributed by atoms with van der Waals surface area (Å²) >= 11 is 0. The Balaban J connectivity index is 0.000000113. The van der Waals surface area contributed by atoms with E-state index in [1.54, 1.807) is 0 Å². The minimum absolute atomic E-state index is 0.189. The lowest BCUT2D eigenvalue weighted by molar-refractivity contribution is 0.670. The minimum Gasteiger partial charge on any atom is -0.455 e. The van der Waals surface area contributed by atoms with Gasteiger partial charge in [-0.15, -0.1) is 0 Å². The maximum atomic E-state index is 6.07. The van der Waals surface area contributed by atoms with Crippen molar-refractivity contribution < 1.29 is 4.42 Å². The number of hydrogen-bond acceptors (Lipinski definition) is 1. The van der Waals surface area contributed by atoms with Gasteiger partial charge in [-0.25, -0.2) is 0 Å². The predicted molar refractivity (Wildman–Crippen MR) is 240 cm³/mol. The molecule has 0 radical (unpaired) electrons. The Bertz CT molecular complexity index is 3040. The number of para-hydroxylation sites is 2. The van der Waals surface area contributed by atoms with Crippen LogP contribution >= 0.6 is 0 Å². The fourth-order valence-electron chi connectivity index (χ4n) is 9.30. The van der Waals surface area contributed by atoms with E-state index in [1.807, 2.05) is 12.1 Å². The Hall–Kier alpha value is -6.96. The Morgan fingerprint density at radius 3 is 1.51 bits per heavy atom. The number of fused-ring (bicyclic) bond motifs is 14. The van der Waals surface area contributed by atoms with Gasteiger partial charge in [-0.05, 0) is 93.2 Å². The van der Waals surface area contributed by atoms with Crippen LogP contribution in [0.25, 0.3) is 66.1 Å². The third kappa shape index (κ3) is 5.61. The second-order valence-electron chi connectivity index (χ2n) is 15.4. The summed E-state index contributed by atoms with van der Waals surface area (Å²) in [6.45, 7) is 6.44. The summed E-state index contributed by atoms with van der Waals surface area (Å²) in [4.78, 5) is 0. The summed E-state index contributed by atoms with van der Waals surface area (Å²) in [5.41, 5.74) is 19.2. The standard InChI is InChI=1S/C26H18.C19H14O.C11H10/c1-17-14-15-21-20-10-4-7-13-24(20)26(25(21)16-17)22-11-5-2-8-18(22)19-9-3-6-12-23(19)26;1-13-9-11-14(12-10-13)15-6-4-7-17-16-5-2-3-8-18(16)20-19(15)17;1-9-5-4-7-10-6-2-3-8-11(9)10/h2-16H,1H3;2-12H,1H3;2-8H,1H3. The number of benzene rings is 9. The van der Waals surface area contributed by atoms with Crippen LogP contribution < -0.4 is 0 Å². The Morgan fingerprint density at radius 2 is 0.842 bits per heavy atom. The van der Waals surface area contributed by atoms with Crippen molar-refractivity contribution in [1.29, 1.82) is 0 Å². The molecule has 12 rings (SSSR count). The van der Waals surface area contributed by atoms with E-state index in [9.17, 15) is 0 Å². The molecule has 0 bridgehead atoms. The summed E-state index contributed by atoms with van der Waals surface area (Å²) in [5, 5.41) is 5.04. The third-order valence-corrected chi connectivity index (χ3v) is 11.9. The van der Waals surface area contributed by atoms with Crippen molar-refractivity contribution in [2.45, 2.75) is 26.2 Å². The zero-order valence-corrected chi connectivity index (χ0v) is 32.5. The molecule has 1 heteroatoms. The van der Waals surface area contributed by atoms with Crippen LogP contribution in [-0.2, 0) is 5.41 Å². The quantitative estimate of drug-likeness (QED) is 0.164. The maximum Gasteiger partial charge on any atom is 0.143 e. The second-order valence-corrected chi connectivity index (χ2v) is 15.4. The zero-order valence-electron chi connectivity index (χ0n) is 32.5. The van der Waals surface area contributed by atoms with E-state index < -0.39 is 0 Å². The fourth-order valence-corrected chi connectivity index (χ4v) is 9.30. The predicted octanol–water partition coefficient (Wildman–Crippen LogP) is 15.0. The minimum atomic E-state index is -0.189. The molecule has 1 aromatic heterocycles. The van der Waals surface area contributed by atoms with Crippen LogP contribution in [0.15, 0.2) is 205 Å². The molecular formula is C56H42O. The summed E-state index contributed by atoms with van der Waals surface area (Å²) in [7, 11) is 0. The first kappa shape index (κ1) is 34.5.